The molecule has 1 rings (SSSR count). The van der Waals surface area contributed by atoms with Gasteiger partial charge >= 0.3 is 5.97 Å². The van der Waals surface area contributed by atoms with E-state index < -0.39 is 5.97 Å². The lowest BCUT2D eigenvalue weighted by molar-refractivity contribution is -0.137. The first-order valence-electron chi connectivity index (χ1n) is 6.13. The highest BCUT2D eigenvalue weighted by Crippen LogP contribution is 2.13. The van der Waals surface area contributed by atoms with Crippen molar-refractivity contribution in [2.45, 2.75) is 19.8 Å². The van der Waals surface area contributed by atoms with Crippen molar-refractivity contribution < 1.29 is 14.7 Å². The smallest absolute Gasteiger partial charge is 0.303 e. The number of carboxylic acids is 1. The number of thioether (sulfide) groups is 1. The van der Waals surface area contributed by atoms with E-state index in [0.29, 0.717) is 6.42 Å². The van der Waals surface area contributed by atoms with Gasteiger partial charge < -0.3 is 10.4 Å². The van der Waals surface area contributed by atoms with Crippen LogP contribution in [-0.4, -0.2) is 29.0 Å². The quantitative estimate of drug-likeness (QED) is 0.806. The van der Waals surface area contributed by atoms with E-state index in [4.69, 9.17) is 5.11 Å². The molecule has 1 unspecified atom stereocenters. The molecule has 1 atom stereocenters. The standard InChI is InChI=1S/C14H19NO3S/c1-10(9-19-2)14(18)15-12-6-3-11(4-7-12)5-8-13(16)17/h3-4,6-7,10H,5,8-9H2,1-2H3,(H,15,18)(H,16,17). The van der Waals surface area contributed by atoms with Crippen molar-refractivity contribution in [2.75, 3.05) is 17.3 Å². The topological polar surface area (TPSA) is 66.4 Å². The molecule has 0 spiro atoms. The van der Waals surface area contributed by atoms with Crippen LogP contribution in [0.25, 0.3) is 0 Å². The molecule has 0 heterocycles. The van der Waals surface area contributed by atoms with E-state index >= 15 is 0 Å². The summed E-state index contributed by atoms with van der Waals surface area (Å²) in [5, 5.41) is 11.5. The molecule has 0 radical (unpaired) electrons. The Labute approximate surface area is 117 Å². The van der Waals surface area contributed by atoms with Gasteiger partial charge in [0, 0.05) is 23.8 Å². The summed E-state index contributed by atoms with van der Waals surface area (Å²) in [6.07, 6.45) is 2.60. The molecule has 1 aromatic rings. The van der Waals surface area contributed by atoms with Gasteiger partial charge in [-0.25, -0.2) is 0 Å². The lowest BCUT2D eigenvalue weighted by atomic mass is 10.1. The van der Waals surface area contributed by atoms with Crippen LogP contribution in [-0.2, 0) is 16.0 Å². The molecule has 19 heavy (non-hydrogen) atoms. The Balaban J connectivity index is 2.52. The average molecular weight is 281 g/mol. The number of nitrogens with one attached hydrogen (secondary N) is 1. The van der Waals surface area contributed by atoms with Crippen LogP contribution in [0.3, 0.4) is 0 Å². The second kappa shape index (κ2) is 7.84. The van der Waals surface area contributed by atoms with E-state index in [-0.39, 0.29) is 18.2 Å². The number of aliphatic carboxylic acids is 1. The number of anilines is 1. The monoisotopic (exact) mass is 281 g/mol. The molecule has 1 aromatic carbocycles. The predicted molar refractivity (Wildman–Crippen MR) is 78.6 cm³/mol. The van der Waals surface area contributed by atoms with Crippen LogP contribution in [0.15, 0.2) is 24.3 Å². The van der Waals surface area contributed by atoms with Gasteiger partial charge in [-0.3, -0.25) is 9.59 Å². The van der Waals surface area contributed by atoms with Crippen molar-refractivity contribution in [2.24, 2.45) is 5.92 Å². The van der Waals surface area contributed by atoms with Gasteiger partial charge in [0.25, 0.3) is 0 Å². The van der Waals surface area contributed by atoms with Crippen LogP contribution in [0.1, 0.15) is 18.9 Å². The number of amides is 1. The molecule has 0 aliphatic heterocycles. The fourth-order valence-electron chi connectivity index (χ4n) is 1.60. The Bertz CT molecular complexity index is 431. The maximum atomic E-state index is 11.8. The van der Waals surface area contributed by atoms with E-state index in [0.717, 1.165) is 17.0 Å². The van der Waals surface area contributed by atoms with Crippen LogP contribution in [0.5, 0.6) is 0 Å². The highest BCUT2D eigenvalue weighted by Gasteiger charge is 2.11. The zero-order valence-corrected chi connectivity index (χ0v) is 12.0. The first-order chi connectivity index (χ1) is 9.02. The summed E-state index contributed by atoms with van der Waals surface area (Å²) in [5.74, 6) is -0.0275. The van der Waals surface area contributed by atoms with Crippen molar-refractivity contribution in [1.29, 1.82) is 0 Å². The van der Waals surface area contributed by atoms with E-state index in [2.05, 4.69) is 5.32 Å². The molecule has 104 valence electrons. The van der Waals surface area contributed by atoms with Crippen LogP contribution in [0.2, 0.25) is 0 Å². The van der Waals surface area contributed by atoms with Crippen molar-refractivity contribution in [3.63, 3.8) is 0 Å². The second-order valence-corrected chi connectivity index (χ2v) is 5.35. The van der Waals surface area contributed by atoms with Crippen LogP contribution >= 0.6 is 11.8 Å². The summed E-state index contributed by atoms with van der Waals surface area (Å²) < 4.78 is 0. The van der Waals surface area contributed by atoms with Gasteiger partial charge in [0.2, 0.25) is 5.91 Å². The minimum atomic E-state index is -0.803. The van der Waals surface area contributed by atoms with Gasteiger partial charge in [-0.1, -0.05) is 19.1 Å². The average Bonchev–Trinajstić information content (AvgIpc) is 2.38. The maximum Gasteiger partial charge on any atom is 0.303 e. The van der Waals surface area contributed by atoms with Crippen molar-refractivity contribution in [3.05, 3.63) is 29.8 Å². The first-order valence-corrected chi connectivity index (χ1v) is 7.53. The molecule has 5 heteroatoms. The van der Waals surface area contributed by atoms with Crippen LogP contribution < -0.4 is 5.32 Å². The number of benzene rings is 1. The highest BCUT2D eigenvalue weighted by molar-refractivity contribution is 7.98. The van der Waals surface area contributed by atoms with Crippen LogP contribution in [0, 0.1) is 5.92 Å². The number of hydrogen-bond acceptors (Lipinski definition) is 3. The third-order valence-corrected chi connectivity index (χ3v) is 3.55. The maximum absolute atomic E-state index is 11.8. The zero-order chi connectivity index (χ0) is 14.3. The van der Waals surface area contributed by atoms with Gasteiger partial charge in [-0.2, -0.15) is 11.8 Å². The van der Waals surface area contributed by atoms with E-state index in [9.17, 15) is 9.59 Å². The molecule has 0 aliphatic carbocycles. The summed E-state index contributed by atoms with van der Waals surface area (Å²) in [5.41, 5.74) is 1.70. The Morgan fingerprint density at radius 1 is 1.32 bits per heavy atom. The normalized spacial score (nSPS) is 11.9. The molecular weight excluding hydrogens is 262 g/mol. The fourth-order valence-corrected chi connectivity index (χ4v) is 2.25. The van der Waals surface area contributed by atoms with Crippen molar-refractivity contribution in [1.82, 2.24) is 0 Å². The second-order valence-electron chi connectivity index (χ2n) is 4.44. The molecule has 0 bridgehead atoms. The lowest BCUT2D eigenvalue weighted by Gasteiger charge is -2.11. The van der Waals surface area contributed by atoms with Gasteiger partial charge in [-0.15, -0.1) is 0 Å². The summed E-state index contributed by atoms with van der Waals surface area (Å²) in [4.78, 5) is 22.3. The molecule has 0 aliphatic rings. The predicted octanol–water partition coefficient (Wildman–Crippen LogP) is 2.64. The summed E-state index contributed by atoms with van der Waals surface area (Å²) >= 11 is 1.64. The summed E-state index contributed by atoms with van der Waals surface area (Å²) in [6, 6.07) is 7.30. The van der Waals surface area contributed by atoms with Gasteiger partial charge in [0.15, 0.2) is 0 Å². The Morgan fingerprint density at radius 3 is 2.47 bits per heavy atom. The summed E-state index contributed by atoms with van der Waals surface area (Å²) in [7, 11) is 0. The minimum Gasteiger partial charge on any atom is -0.481 e. The third-order valence-electron chi connectivity index (χ3n) is 2.71. The lowest BCUT2D eigenvalue weighted by Crippen LogP contribution is -2.21. The van der Waals surface area contributed by atoms with Crippen molar-refractivity contribution >= 4 is 29.3 Å². The molecule has 4 nitrogen and oxygen atoms in total. The van der Waals surface area contributed by atoms with Crippen LogP contribution in [0.4, 0.5) is 5.69 Å². The molecule has 0 aromatic heterocycles. The van der Waals surface area contributed by atoms with Crippen molar-refractivity contribution in [3.8, 4) is 0 Å². The van der Waals surface area contributed by atoms with Gasteiger partial charge in [0.1, 0.15) is 0 Å². The number of aryl methyl sites for hydroxylation is 1. The SMILES string of the molecule is CSCC(C)C(=O)Nc1ccc(CCC(=O)O)cc1. The van der Waals surface area contributed by atoms with Gasteiger partial charge in [0.05, 0.1) is 0 Å². The Hall–Kier alpha value is -1.49. The minimum absolute atomic E-state index is 0.00707. The molecular formula is C14H19NO3S. The number of hydrogen-bond donors (Lipinski definition) is 2. The number of carbonyl (C=O) groups excluding carboxylic acids is 1. The molecule has 0 saturated heterocycles. The molecule has 1 amide bonds. The molecule has 0 saturated carbocycles. The van der Waals surface area contributed by atoms with E-state index in [1.807, 2.05) is 25.3 Å². The largest absolute Gasteiger partial charge is 0.481 e. The van der Waals surface area contributed by atoms with E-state index in [1.165, 1.54) is 0 Å². The molecule has 2 N–H and O–H groups in total. The summed E-state index contributed by atoms with van der Waals surface area (Å²) in [6.45, 7) is 1.90. The first kappa shape index (κ1) is 15.6. The third kappa shape index (κ3) is 5.79. The van der Waals surface area contributed by atoms with E-state index in [1.54, 1.807) is 23.9 Å². The number of carboxylic acid groups (broad SMARTS) is 1. The number of rotatable bonds is 7. The molecule has 0 fully saturated rings. The Morgan fingerprint density at radius 2 is 1.95 bits per heavy atom. The zero-order valence-electron chi connectivity index (χ0n) is 11.2. The Kier molecular flexibility index (Phi) is 6.42. The number of carbonyl (C=O) groups is 2. The van der Waals surface area contributed by atoms with Gasteiger partial charge in [-0.05, 0) is 30.4 Å². The highest BCUT2D eigenvalue weighted by atomic mass is 32.2. The fraction of sp³-hybridized carbons (Fsp3) is 0.429.